The second-order valence-corrected chi connectivity index (χ2v) is 16.8. The minimum absolute atomic E-state index is 0. The first-order valence-corrected chi connectivity index (χ1v) is 20.5. The summed E-state index contributed by atoms with van der Waals surface area (Å²) in [6, 6.07) is 51.1. The molecule has 0 bridgehead atoms. The molecule has 0 saturated carbocycles. The number of hydrogen-bond donors (Lipinski definition) is 1. The molecule has 1 N–H and O–H groups in total. The van der Waals surface area contributed by atoms with Crippen molar-refractivity contribution in [3.05, 3.63) is 192 Å². The molecule has 9 aromatic rings. The number of nitrogens with zero attached hydrogens (tertiary/aromatic N) is 3. The molecule has 0 aliphatic carbocycles. The first-order chi connectivity index (χ1) is 34.7. The molecule has 5 heteroatoms. The molecule has 0 fully saturated rings. The van der Waals surface area contributed by atoms with Gasteiger partial charge < -0.3 is 5.11 Å². The molecule has 0 saturated heterocycles. The van der Waals surface area contributed by atoms with Crippen molar-refractivity contribution in [1.29, 1.82) is 0 Å². The summed E-state index contributed by atoms with van der Waals surface area (Å²) in [6.07, 6.45) is 1.62. The van der Waals surface area contributed by atoms with E-state index in [2.05, 4.69) is 26.8 Å². The monoisotopic (exact) mass is 1010 g/mol. The quantitative estimate of drug-likeness (QED) is 0.162. The van der Waals surface area contributed by atoms with E-state index in [1.54, 1.807) is 30.5 Å². The van der Waals surface area contributed by atoms with Crippen molar-refractivity contribution >= 4 is 11.0 Å². The number of rotatable bonds is 7. The molecule has 0 amide bonds. The van der Waals surface area contributed by atoms with Gasteiger partial charge >= 0.3 is 0 Å². The van der Waals surface area contributed by atoms with E-state index in [9.17, 15) is 5.11 Å². The summed E-state index contributed by atoms with van der Waals surface area (Å²) in [5, 5.41) is 12.0. The van der Waals surface area contributed by atoms with Crippen molar-refractivity contribution < 1.29 is 42.6 Å². The van der Waals surface area contributed by atoms with Gasteiger partial charge in [-0.25, -0.2) is 4.98 Å². The number of phenols is 1. The molecule has 4 nitrogen and oxygen atoms in total. The zero-order valence-corrected chi connectivity index (χ0v) is 37.5. The van der Waals surface area contributed by atoms with Crippen LogP contribution in [-0.2, 0) is 31.9 Å². The summed E-state index contributed by atoms with van der Waals surface area (Å²) in [6.45, 7) is -4.39. The zero-order chi connectivity index (χ0) is 53.3. The van der Waals surface area contributed by atoms with Gasteiger partial charge in [-0.05, 0) is 93.9 Å². The second-order valence-electron chi connectivity index (χ2n) is 16.8. The van der Waals surface area contributed by atoms with E-state index in [4.69, 9.17) is 26.4 Å². The van der Waals surface area contributed by atoms with E-state index in [1.165, 1.54) is 24.3 Å². The van der Waals surface area contributed by atoms with E-state index in [0.29, 0.717) is 72.7 Å². The Balaban J connectivity index is 0.00000747. The van der Waals surface area contributed by atoms with Crippen molar-refractivity contribution in [2.24, 2.45) is 0 Å². The molecule has 63 heavy (non-hydrogen) atoms. The van der Waals surface area contributed by atoms with Gasteiger partial charge in [0.15, 0.2) is 0 Å². The number of benzene rings is 7. The number of aryl methyl sites for hydroxylation is 2. The smallest absolute Gasteiger partial charge is 0.148 e. The van der Waals surface area contributed by atoms with Crippen LogP contribution in [0, 0.1) is 19.8 Å². The summed E-state index contributed by atoms with van der Waals surface area (Å²) in [7, 11) is 0. The molecule has 2 heterocycles. The molecule has 0 atom stereocenters. The van der Waals surface area contributed by atoms with Crippen molar-refractivity contribution in [1.82, 2.24) is 14.5 Å². The predicted molar refractivity (Wildman–Crippen MR) is 259 cm³/mol. The van der Waals surface area contributed by atoms with E-state index >= 15 is 0 Å². The van der Waals surface area contributed by atoms with Crippen molar-refractivity contribution in [3.63, 3.8) is 0 Å². The number of aromatic hydroxyl groups is 1. The van der Waals surface area contributed by atoms with Gasteiger partial charge in [0.25, 0.3) is 0 Å². The maximum atomic E-state index is 12.0. The fourth-order valence-corrected chi connectivity index (χ4v) is 8.02. The Morgan fingerprint density at radius 1 is 0.587 bits per heavy atom. The van der Waals surface area contributed by atoms with Crippen LogP contribution in [0.4, 0.5) is 0 Å². The summed E-state index contributed by atoms with van der Waals surface area (Å²) < 4.78 is 101. The average molecular weight is 1010 g/mol. The fourth-order valence-electron chi connectivity index (χ4n) is 8.02. The number of para-hydroxylation sites is 1. The Hall–Kier alpha value is -6.35. The van der Waals surface area contributed by atoms with Crippen LogP contribution in [0.1, 0.15) is 80.0 Å². The summed E-state index contributed by atoms with van der Waals surface area (Å²) in [4.78, 5) is 10.2. The Morgan fingerprint density at radius 3 is 1.98 bits per heavy atom. The Labute approximate surface area is 403 Å². The first kappa shape index (κ1) is 30.7. The number of phenolic OH excluding ortho intramolecular Hbond substituents is 1. The number of fused-ring (bicyclic) bond motifs is 1. The van der Waals surface area contributed by atoms with Crippen molar-refractivity contribution in [2.45, 2.75) is 65.9 Å². The van der Waals surface area contributed by atoms with Crippen LogP contribution in [0.2, 0.25) is 0 Å². The molecular weight excluding hydrogens is 950 g/mol. The molecule has 9 rings (SSSR count). The Morgan fingerprint density at radius 2 is 1.29 bits per heavy atom. The van der Waals surface area contributed by atoms with Gasteiger partial charge in [0, 0.05) is 55.0 Å². The van der Waals surface area contributed by atoms with E-state index < -0.39 is 32.8 Å². The third kappa shape index (κ3) is 8.58. The summed E-state index contributed by atoms with van der Waals surface area (Å²) in [5.41, 5.74) is 7.35. The van der Waals surface area contributed by atoms with Crippen LogP contribution in [0.3, 0.4) is 0 Å². The van der Waals surface area contributed by atoms with Crippen LogP contribution in [0.5, 0.6) is 5.75 Å². The van der Waals surface area contributed by atoms with E-state index in [1.807, 2.05) is 121 Å². The SMILES string of the molecule is [2H]C([2H])([2H])c1ccc(-n2c(-c3cc(C(C)(C)C)cc(C)c3O)nc3c(-c4[c-]c(-c5cc(-c6ccc(C(C([2H])([2H])[2H])(C([2H])([2H])[2H])C([2H])([2H])[2H])cc6)ccn5)cc(-c5ccccc5)c4)cccc32)c(-c2ccccc2)c1.[Pt]. The van der Waals surface area contributed by atoms with Crippen LogP contribution in [-0.4, -0.2) is 19.6 Å². The Bertz CT molecular complexity index is 3520. The molecule has 0 aliphatic rings. The van der Waals surface area contributed by atoms with Crippen LogP contribution in [0.25, 0.3) is 83.9 Å². The number of hydrogen-bond acceptors (Lipinski definition) is 3. The van der Waals surface area contributed by atoms with Crippen molar-refractivity contribution in [3.8, 4) is 78.6 Å². The summed E-state index contributed by atoms with van der Waals surface area (Å²) in [5.74, 6) is 0.495. The van der Waals surface area contributed by atoms with Crippen LogP contribution in [0.15, 0.2) is 164 Å². The molecule has 0 spiro atoms. The average Bonchev–Trinajstić information content (AvgIpc) is 3.73. The standard InChI is InChI=1S/C58H52N3O.Pt/c1-37-22-27-52(49(30-37)41-18-13-10-14-19-41)61-53-21-15-20-48(54(53)60-56(61)50-36-47(58(6,7)8)31-38(2)55(50)62)44-32-43(39-16-11-9-12-17-39)33-45(34-44)51-35-42(28-29-59-51)40-23-25-46(26-24-40)57(3,4)5;/h9-33,35-36,62H,1-8H3;/q-1;/i1D3,3D3,4D3,5D3;. The van der Waals surface area contributed by atoms with Gasteiger partial charge in [-0.15, -0.1) is 23.8 Å². The van der Waals surface area contributed by atoms with Gasteiger partial charge in [0.05, 0.1) is 22.3 Å². The number of aromatic nitrogens is 3. The minimum atomic E-state index is -3.40. The van der Waals surface area contributed by atoms with Gasteiger partial charge in [-0.1, -0.05) is 179 Å². The predicted octanol–water partition coefficient (Wildman–Crippen LogP) is 15.1. The number of pyridine rings is 1. The third-order valence-electron chi connectivity index (χ3n) is 11.4. The largest absolute Gasteiger partial charge is 0.507 e. The van der Waals surface area contributed by atoms with Crippen molar-refractivity contribution in [2.75, 3.05) is 0 Å². The van der Waals surface area contributed by atoms with Gasteiger partial charge in [0.1, 0.15) is 11.6 Å². The fraction of sp³-hybridized carbons (Fsp3) is 0.172. The molecule has 0 aliphatic heterocycles. The topological polar surface area (TPSA) is 50.9 Å². The molecule has 316 valence electrons. The second kappa shape index (κ2) is 17.1. The number of imidazole rings is 1. The van der Waals surface area contributed by atoms with Crippen LogP contribution < -0.4 is 0 Å². The van der Waals surface area contributed by atoms with Gasteiger partial charge in [-0.3, -0.25) is 9.55 Å². The molecule has 0 radical (unpaired) electrons. The maximum absolute atomic E-state index is 12.0. The van der Waals surface area contributed by atoms with Gasteiger partial charge in [-0.2, -0.15) is 0 Å². The molecular formula is C58H52N3OPt-. The maximum Gasteiger partial charge on any atom is 0.148 e. The molecule has 2 aromatic heterocycles. The zero-order valence-electron chi connectivity index (χ0n) is 47.2. The minimum Gasteiger partial charge on any atom is -0.507 e. The molecule has 0 unspecified atom stereocenters. The van der Waals surface area contributed by atoms with Gasteiger partial charge in [0.2, 0.25) is 0 Å². The van der Waals surface area contributed by atoms with E-state index in [-0.39, 0.29) is 43.4 Å². The third-order valence-corrected chi connectivity index (χ3v) is 11.4. The first-order valence-electron chi connectivity index (χ1n) is 26.5. The van der Waals surface area contributed by atoms with E-state index in [0.717, 1.165) is 22.3 Å². The summed E-state index contributed by atoms with van der Waals surface area (Å²) >= 11 is 0. The van der Waals surface area contributed by atoms with Crippen LogP contribution >= 0.6 is 0 Å². The normalized spacial score (nSPS) is 15.4. The molecule has 7 aromatic carbocycles. The Kier molecular flexibility index (Phi) is 8.31.